The van der Waals surface area contributed by atoms with Crippen LogP contribution < -0.4 is 5.32 Å². The molecule has 1 N–H and O–H groups in total. The maximum atomic E-state index is 13.7. The van der Waals surface area contributed by atoms with Crippen LogP contribution in [0.5, 0.6) is 0 Å². The molecule has 188 valence electrons. The maximum Gasteiger partial charge on any atom is 0.240 e. The van der Waals surface area contributed by atoms with Crippen LogP contribution in [0.1, 0.15) is 60.3 Å². The van der Waals surface area contributed by atoms with Crippen LogP contribution in [0.25, 0.3) is 0 Å². The molecule has 0 heterocycles. The molecule has 1 unspecified atom stereocenters. The number of nitrogens with one attached hydrogen (secondary N) is 1. The van der Waals surface area contributed by atoms with Crippen molar-refractivity contribution in [3.8, 4) is 0 Å². The summed E-state index contributed by atoms with van der Waals surface area (Å²) >= 11 is 0. The van der Waals surface area contributed by atoms with Crippen molar-refractivity contribution in [2.75, 3.05) is 26.8 Å². The lowest BCUT2D eigenvalue weighted by atomic mass is 9.82. The van der Waals surface area contributed by atoms with Gasteiger partial charge in [0.15, 0.2) is 0 Å². The lowest BCUT2D eigenvalue weighted by Crippen LogP contribution is -2.43. The van der Waals surface area contributed by atoms with E-state index in [-0.39, 0.29) is 24.3 Å². The van der Waals surface area contributed by atoms with E-state index >= 15 is 0 Å². The Labute approximate surface area is 207 Å². The van der Waals surface area contributed by atoms with Crippen LogP contribution in [-0.2, 0) is 14.3 Å². The van der Waals surface area contributed by atoms with Crippen molar-refractivity contribution in [2.45, 2.75) is 60.3 Å². The van der Waals surface area contributed by atoms with Gasteiger partial charge in [0.2, 0.25) is 11.8 Å². The second kappa shape index (κ2) is 16.0. The van der Waals surface area contributed by atoms with Gasteiger partial charge >= 0.3 is 0 Å². The molecule has 0 saturated heterocycles. The number of carbonyl (C=O) groups excluding carboxylic acids is 2. The normalized spacial score (nSPS) is 18.0. The predicted molar refractivity (Wildman–Crippen MR) is 142 cm³/mol. The number of ether oxygens (including phenoxy) is 1. The van der Waals surface area contributed by atoms with E-state index in [2.05, 4.69) is 48.7 Å². The number of carbonyl (C=O) groups is 2. The fourth-order valence-electron chi connectivity index (χ4n) is 3.98. The Kier molecular flexibility index (Phi) is 13.9. The SMILES string of the molecule is C=C/C=C\C1=C(C)C(C(=O)N(CC(=O)NCC)C2=CCC=C(C(C)C)C=C2)CCC1.CCOC. The van der Waals surface area contributed by atoms with E-state index in [4.69, 9.17) is 0 Å². The highest BCUT2D eigenvalue weighted by molar-refractivity contribution is 5.89. The molecule has 2 amide bonds. The molecule has 1 atom stereocenters. The summed E-state index contributed by atoms with van der Waals surface area (Å²) in [5, 5.41) is 2.83. The zero-order valence-corrected chi connectivity index (χ0v) is 22.0. The van der Waals surface area contributed by atoms with Crippen molar-refractivity contribution in [3.05, 3.63) is 71.5 Å². The summed E-state index contributed by atoms with van der Waals surface area (Å²) in [5.41, 5.74) is 4.35. The molecule has 0 bridgehead atoms. The van der Waals surface area contributed by atoms with Crippen LogP contribution >= 0.6 is 0 Å². The highest BCUT2D eigenvalue weighted by Gasteiger charge is 2.31. The summed E-state index contributed by atoms with van der Waals surface area (Å²) in [6.45, 7) is 15.4. The van der Waals surface area contributed by atoms with Gasteiger partial charge in [-0.3, -0.25) is 9.59 Å². The molecular weight excluding hydrogens is 424 g/mol. The van der Waals surface area contributed by atoms with E-state index in [0.29, 0.717) is 12.5 Å². The van der Waals surface area contributed by atoms with Gasteiger partial charge in [-0.25, -0.2) is 0 Å². The smallest absolute Gasteiger partial charge is 0.240 e. The van der Waals surface area contributed by atoms with Crippen molar-refractivity contribution in [1.82, 2.24) is 10.2 Å². The van der Waals surface area contributed by atoms with Gasteiger partial charge < -0.3 is 15.0 Å². The van der Waals surface area contributed by atoms with Crippen LogP contribution in [0.2, 0.25) is 0 Å². The summed E-state index contributed by atoms with van der Waals surface area (Å²) in [7, 11) is 1.68. The molecular formula is C29H44N2O3. The minimum absolute atomic E-state index is 0.00635. The summed E-state index contributed by atoms with van der Waals surface area (Å²) in [6, 6.07) is 0. The van der Waals surface area contributed by atoms with Gasteiger partial charge in [-0.1, -0.05) is 62.5 Å². The van der Waals surface area contributed by atoms with Gasteiger partial charge in [0.05, 0.1) is 5.92 Å². The van der Waals surface area contributed by atoms with Gasteiger partial charge in [-0.2, -0.15) is 0 Å². The Morgan fingerprint density at radius 2 is 1.97 bits per heavy atom. The third-order valence-electron chi connectivity index (χ3n) is 6.04. The van der Waals surface area contributed by atoms with E-state index in [0.717, 1.165) is 43.6 Å². The lowest BCUT2D eigenvalue weighted by molar-refractivity contribution is -0.136. The van der Waals surface area contributed by atoms with Crippen molar-refractivity contribution in [3.63, 3.8) is 0 Å². The average Bonchev–Trinajstić information content (AvgIpc) is 3.08. The monoisotopic (exact) mass is 468 g/mol. The van der Waals surface area contributed by atoms with Crippen LogP contribution in [0.15, 0.2) is 71.5 Å². The topological polar surface area (TPSA) is 58.6 Å². The van der Waals surface area contributed by atoms with Gasteiger partial charge in [0, 0.05) is 26.0 Å². The molecule has 0 fully saturated rings. The molecule has 2 aliphatic rings. The van der Waals surface area contributed by atoms with Gasteiger partial charge in [0.25, 0.3) is 0 Å². The predicted octanol–water partition coefficient (Wildman–Crippen LogP) is 5.89. The number of allylic oxidation sites excluding steroid dienone is 9. The van der Waals surface area contributed by atoms with Crippen molar-refractivity contribution >= 4 is 11.8 Å². The maximum absolute atomic E-state index is 13.7. The molecule has 0 spiro atoms. The zero-order chi connectivity index (χ0) is 25.5. The van der Waals surface area contributed by atoms with Gasteiger partial charge in [-0.05, 0) is 69.6 Å². The number of rotatable bonds is 9. The lowest BCUT2D eigenvalue weighted by Gasteiger charge is -2.31. The second-order valence-electron chi connectivity index (χ2n) is 8.76. The third-order valence-corrected chi connectivity index (χ3v) is 6.04. The number of hydrogen-bond acceptors (Lipinski definition) is 3. The Morgan fingerprint density at radius 3 is 2.56 bits per heavy atom. The zero-order valence-electron chi connectivity index (χ0n) is 22.0. The molecule has 5 heteroatoms. The minimum Gasteiger partial charge on any atom is -0.385 e. The summed E-state index contributed by atoms with van der Waals surface area (Å²) in [5.74, 6) is 0.0921. The minimum atomic E-state index is -0.201. The third kappa shape index (κ3) is 9.30. The number of amides is 2. The quantitative estimate of drug-likeness (QED) is 0.429. The second-order valence-corrected chi connectivity index (χ2v) is 8.76. The van der Waals surface area contributed by atoms with E-state index in [1.54, 1.807) is 18.1 Å². The van der Waals surface area contributed by atoms with Crippen LogP contribution in [0, 0.1) is 11.8 Å². The highest BCUT2D eigenvalue weighted by Crippen LogP contribution is 2.33. The van der Waals surface area contributed by atoms with Crippen LogP contribution in [0.3, 0.4) is 0 Å². The molecule has 0 saturated carbocycles. The van der Waals surface area contributed by atoms with E-state index < -0.39 is 0 Å². The number of hydrogen-bond donors (Lipinski definition) is 1. The van der Waals surface area contributed by atoms with E-state index in [9.17, 15) is 9.59 Å². The van der Waals surface area contributed by atoms with E-state index in [1.165, 1.54) is 11.1 Å². The number of likely N-dealkylation sites (N-methyl/N-ethyl adjacent to an activating group) is 1. The van der Waals surface area contributed by atoms with Gasteiger partial charge in [0.1, 0.15) is 6.54 Å². The number of nitrogens with zero attached hydrogens (tertiary/aromatic N) is 1. The molecule has 2 rings (SSSR count). The summed E-state index contributed by atoms with van der Waals surface area (Å²) < 4.78 is 4.54. The first kappa shape index (κ1) is 29.4. The first-order valence-electron chi connectivity index (χ1n) is 12.4. The average molecular weight is 469 g/mol. The number of methoxy groups -OCH3 is 1. The summed E-state index contributed by atoms with van der Waals surface area (Å²) in [4.78, 5) is 27.8. The molecule has 0 radical (unpaired) electrons. The first-order chi connectivity index (χ1) is 16.3. The first-order valence-corrected chi connectivity index (χ1v) is 12.4. The fraction of sp³-hybridized carbons (Fsp3) is 0.517. The van der Waals surface area contributed by atoms with Gasteiger partial charge in [-0.15, -0.1) is 0 Å². The van der Waals surface area contributed by atoms with Crippen molar-refractivity contribution in [2.24, 2.45) is 11.8 Å². The standard InChI is InChI=1S/C26H36N2O2.C3H8O/c1-6-8-11-22-13-10-15-24(20(22)5)26(30)28(18-25(29)27-7-2)23-14-9-12-21(16-17-23)19(3)4;1-3-4-2/h6,8,11-12,14,16-17,19,24H,1,7,9-10,13,15,18H2,2-5H3,(H,27,29);3H2,1-2H3/b11-8-;. The largest absolute Gasteiger partial charge is 0.385 e. The Bertz CT molecular complexity index is 841. The van der Waals surface area contributed by atoms with Crippen molar-refractivity contribution in [1.29, 1.82) is 0 Å². The highest BCUT2D eigenvalue weighted by atomic mass is 16.5. The molecule has 0 aromatic carbocycles. The molecule has 0 aromatic heterocycles. The molecule has 34 heavy (non-hydrogen) atoms. The fourth-order valence-corrected chi connectivity index (χ4v) is 3.98. The Morgan fingerprint density at radius 1 is 1.26 bits per heavy atom. The molecule has 0 aliphatic heterocycles. The van der Waals surface area contributed by atoms with Crippen molar-refractivity contribution < 1.29 is 14.3 Å². The Hall–Kier alpha value is -2.66. The molecule has 5 nitrogen and oxygen atoms in total. The molecule has 0 aromatic rings. The summed E-state index contributed by atoms with van der Waals surface area (Å²) in [6.07, 6.45) is 17.5. The Balaban J connectivity index is 0.00000133. The van der Waals surface area contributed by atoms with E-state index in [1.807, 2.05) is 39.0 Å². The van der Waals surface area contributed by atoms with Crippen LogP contribution in [0.4, 0.5) is 0 Å². The molecule has 2 aliphatic carbocycles. The van der Waals surface area contributed by atoms with Crippen LogP contribution in [-0.4, -0.2) is 43.5 Å².